The largest absolute Gasteiger partial charge is 0.365 e. The molecule has 0 N–H and O–H groups in total. The number of hydrogen-bond acceptors (Lipinski definition) is 5. The summed E-state index contributed by atoms with van der Waals surface area (Å²) in [5.41, 5.74) is 0.00894. The molecule has 1 aliphatic heterocycles. The second-order valence-corrected chi connectivity index (χ2v) is 8.92. The SMILES string of the molecule is CN(Cc1c(F)cccc1Cl)c1ccc(S(=O)(=O)N2CCCC2)cc1[N+](=O)[O-]. The van der Waals surface area contributed by atoms with Gasteiger partial charge in [-0.2, -0.15) is 4.31 Å². The average molecular weight is 428 g/mol. The Morgan fingerprint density at radius 3 is 2.54 bits per heavy atom. The van der Waals surface area contributed by atoms with Gasteiger partial charge in [0, 0.05) is 43.3 Å². The second kappa shape index (κ2) is 8.02. The van der Waals surface area contributed by atoms with Gasteiger partial charge in [-0.1, -0.05) is 17.7 Å². The molecular formula is C18H19ClFN3O4S. The van der Waals surface area contributed by atoms with Crippen LogP contribution < -0.4 is 4.90 Å². The van der Waals surface area contributed by atoms with E-state index in [1.54, 1.807) is 7.05 Å². The van der Waals surface area contributed by atoms with Crippen molar-refractivity contribution in [2.24, 2.45) is 0 Å². The van der Waals surface area contributed by atoms with E-state index in [0.29, 0.717) is 13.1 Å². The fourth-order valence-electron chi connectivity index (χ4n) is 3.22. The first-order chi connectivity index (χ1) is 13.2. The highest BCUT2D eigenvalue weighted by Gasteiger charge is 2.30. The van der Waals surface area contributed by atoms with Crippen molar-refractivity contribution < 1.29 is 17.7 Å². The molecule has 0 spiro atoms. The summed E-state index contributed by atoms with van der Waals surface area (Å²) in [4.78, 5) is 12.3. The van der Waals surface area contributed by atoms with Crippen LogP contribution in [0.4, 0.5) is 15.8 Å². The van der Waals surface area contributed by atoms with Gasteiger partial charge in [-0.3, -0.25) is 10.1 Å². The molecule has 1 fully saturated rings. The van der Waals surface area contributed by atoms with Crippen molar-refractivity contribution in [3.05, 3.63) is 62.9 Å². The lowest BCUT2D eigenvalue weighted by atomic mass is 10.1. The molecule has 0 amide bonds. The molecule has 3 rings (SSSR count). The van der Waals surface area contributed by atoms with Gasteiger partial charge in [-0.15, -0.1) is 0 Å². The third-order valence-electron chi connectivity index (χ3n) is 4.71. The van der Waals surface area contributed by atoms with Crippen molar-refractivity contribution in [3.63, 3.8) is 0 Å². The quantitative estimate of drug-likeness (QED) is 0.517. The van der Waals surface area contributed by atoms with Crippen LogP contribution in [0.5, 0.6) is 0 Å². The summed E-state index contributed by atoms with van der Waals surface area (Å²) in [7, 11) is -2.22. The number of nitro groups is 1. The third kappa shape index (κ3) is 3.96. The highest BCUT2D eigenvalue weighted by molar-refractivity contribution is 7.89. The average Bonchev–Trinajstić information content (AvgIpc) is 3.19. The molecule has 0 radical (unpaired) electrons. The number of benzene rings is 2. The Labute approximate surface area is 167 Å². The summed E-state index contributed by atoms with van der Waals surface area (Å²) >= 11 is 6.04. The van der Waals surface area contributed by atoms with Gasteiger partial charge in [0.1, 0.15) is 11.5 Å². The van der Waals surface area contributed by atoms with Crippen molar-refractivity contribution in [1.29, 1.82) is 0 Å². The minimum atomic E-state index is -3.78. The highest BCUT2D eigenvalue weighted by atomic mass is 35.5. The highest BCUT2D eigenvalue weighted by Crippen LogP contribution is 2.33. The zero-order chi connectivity index (χ0) is 20.5. The summed E-state index contributed by atoms with van der Waals surface area (Å²) in [5.74, 6) is -0.518. The van der Waals surface area contributed by atoms with Gasteiger partial charge in [-0.05, 0) is 37.1 Å². The molecule has 7 nitrogen and oxygen atoms in total. The molecule has 0 aliphatic carbocycles. The van der Waals surface area contributed by atoms with E-state index in [1.165, 1.54) is 39.5 Å². The van der Waals surface area contributed by atoms with Crippen LogP contribution in [0.2, 0.25) is 5.02 Å². The van der Waals surface area contributed by atoms with E-state index in [1.807, 2.05) is 0 Å². The van der Waals surface area contributed by atoms with Gasteiger partial charge in [0.25, 0.3) is 5.69 Å². The van der Waals surface area contributed by atoms with E-state index >= 15 is 0 Å². The van der Waals surface area contributed by atoms with Crippen molar-refractivity contribution in [3.8, 4) is 0 Å². The molecule has 0 atom stereocenters. The number of halogens is 2. The fourth-order valence-corrected chi connectivity index (χ4v) is 4.98. The Kier molecular flexibility index (Phi) is 5.87. The molecule has 28 heavy (non-hydrogen) atoms. The van der Waals surface area contributed by atoms with E-state index in [2.05, 4.69) is 0 Å². The molecule has 2 aromatic carbocycles. The van der Waals surface area contributed by atoms with Crippen molar-refractivity contribution in [2.75, 3.05) is 25.0 Å². The molecule has 0 bridgehead atoms. The molecule has 0 unspecified atom stereocenters. The molecule has 1 aliphatic rings. The van der Waals surface area contributed by atoms with Crippen molar-refractivity contribution in [1.82, 2.24) is 4.31 Å². The van der Waals surface area contributed by atoms with E-state index in [0.717, 1.165) is 18.9 Å². The van der Waals surface area contributed by atoms with Crippen LogP contribution in [0.25, 0.3) is 0 Å². The third-order valence-corrected chi connectivity index (χ3v) is 6.96. The zero-order valence-electron chi connectivity index (χ0n) is 15.1. The minimum Gasteiger partial charge on any atom is -0.365 e. The van der Waals surface area contributed by atoms with Crippen LogP contribution >= 0.6 is 11.6 Å². The summed E-state index contributed by atoms with van der Waals surface area (Å²) < 4.78 is 40.8. The standard InChI is InChI=1S/C18H19ClFN3O4S/c1-21(12-14-15(19)5-4-6-16(14)20)17-8-7-13(11-18(17)23(24)25)28(26,27)22-9-2-3-10-22/h4-8,11H,2-3,9-10,12H2,1H3. The predicted molar refractivity (Wildman–Crippen MR) is 105 cm³/mol. The van der Waals surface area contributed by atoms with Gasteiger partial charge in [0.2, 0.25) is 10.0 Å². The lowest BCUT2D eigenvalue weighted by Gasteiger charge is -2.21. The number of anilines is 1. The lowest BCUT2D eigenvalue weighted by molar-refractivity contribution is -0.384. The van der Waals surface area contributed by atoms with Crippen LogP contribution in [-0.2, 0) is 16.6 Å². The van der Waals surface area contributed by atoms with Crippen LogP contribution in [0, 0.1) is 15.9 Å². The first kappa shape index (κ1) is 20.5. The van der Waals surface area contributed by atoms with Crippen LogP contribution in [0.3, 0.4) is 0 Å². The van der Waals surface area contributed by atoms with Crippen molar-refractivity contribution in [2.45, 2.75) is 24.3 Å². The number of hydrogen-bond donors (Lipinski definition) is 0. The maximum absolute atomic E-state index is 14.0. The van der Waals surface area contributed by atoms with E-state index in [4.69, 9.17) is 11.6 Å². The molecule has 150 valence electrons. The number of nitro benzene ring substituents is 1. The monoisotopic (exact) mass is 427 g/mol. The second-order valence-electron chi connectivity index (χ2n) is 6.58. The van der Waals surface area contributed by atoms with E-state index in [9.17, 15) is 22.9 Å². The Hall–Kier alpha value is -2.23. The maximum Gasteiger partial charge on any atom is 0.293 e. The van der Waals surface area contributed by atoms with Gasteiger partial charge < -0.3 is 4.90 Å². The topological polar surface area (TPSA) is 83.8 Å². The summed E-state index contributed by atoms with van der Waals surface area (Å²) in [6.07, 6.45) is 1.54. The smallest absolute Gasteiger partial charge is 0.293 e. The lowest BCUT2D eigenvalue weighted by Crippen LogP contribution is -2.28. The van der Waals surface area contributed by atoms with Gasteiger partial charge >= 0.3 is 0 Å². The number of sulfonamides is 1. The first-order valence-corrected chi connectivity index (χ1v) is 10.5. The van der Waals surface area contributed by atoms with Crippen LogP contribution in [0.1, 0.15) is 18.4 Å². The minimum absolute atomic E-state index is 0.00936. The Morgan fingerprint density at radius 2 is 1.93 bits per heavy atom. The normalized spacial score (nSPS) is 15.0. The number of rotatable bonds is 6. The molecule has 10 heteroatoms. The Morgan fingerprint density at radius 1 is 1.25 bits per heavy atom. The van der Waals surface area contributed by atoms with Gasteiger partial charge in [0.05, 0.1) is 9.82 Å². The molecule has 1 heterocycles. The van der Waals surface area contributed by atoms with Crippen molar-refractivity contribution >= 4 is 33.0 Å². The summed E-state index contributed by atoms with van der Waals surface area (Å²) in [5, 5.41) is 11.8. The Balaban J connectivity index is 1.96. The summed E-state index contributed by atoms with van der Waals surface area (Å²) in [6, 6.07) is 8.04. The van der Waals surface area contributed by atoms with E-state index in [-0.39, 0.29) is 33.4 Å². The van der Waals surface area contributed by atoms with Crippen LogP contribution in [-0.4, -0.2) is 37.8 Å². The number of nitrogens with zero attached hydrogens (tertiary/aromatic N) is 3. The first-order valence-electron chi connectivity index (χ1n) is 8.64. The van der Waals surface area contributed by atoms with E-state index < -0.39 is 20.8 Å². The molecule has 1 saturated heterocycles. The predicted octanol–water partition coefficient (Wildman–Crippen LogP) is 3.81. The van der Waals surface area contributed by atoms with Crippen LogP contribution in [0.15, 0.2) is 41.3 Å². The summed E-state index contributed by atoms with van der Waals surface area (Å²) in [6.45, 7) is 0.803. The maximum atomic E-state index is 14.0. The zero-order valence-corrected chi connectivity index (χ0v) is 16.7. The van der Waals surface area contributed by atoms with Gasteiger partial charge in [0.15, 0.2) is 0 Å². The molecule has 0 aromatic heterocycles. The van der Waals surface area contributed by atoms with Gasteiger partial charge in [-0.25, -0.2) is 12.8 Å². The molecule has 0 saturated carbocycles. The Bertz CT molecular complexity index is 990. The molecule has 2 aromatic rings. The molecular weight excluding hydrogens is 409 g/mol. The fraction of sp³-hybridized carbons (Fsp3) is 0.333.